The van der Waals surface area contributed by atoms with E-state index in [9.17, 15) is 4.79 Å². The van der Waals surface area contributed by atoms with Crippen molar-refractivity contribution in [3.05, 3.63) is 35.5 Å². The van der Waals surface area contributed by atoms with Crippen LogP contribution in [-0.2, 0) is 4.74 Å². The Bertz CT molecular complexity index is 485. The van der Waals surface area contributed by atoms with E-state index >= 15 is 0 Å². The Balaban J connectivity index is 2.56. The van der Waals surface area contributed by atoms with Gasteiger partial charge in [-0.25, -0.2) is 4.79 Å². The number of aromatic amines is 1. The minimum absolute atomic E-state index is 0.334. The predicted octanol–water partition coefficient (Wildman–Crippen LogP) is 2.26. The highest BCUT2D eigenvalue weighted by Gasteiger charge is 2.08. The molecule has 1 aromatic carbocycles. The standard InChI is InChI=1S/C11H11NO2/c1-7-3-4-8-6-10(11(13)14-2)12-9(8)5-7/h3-6,12H,1-2H3. The lowest BCUT2D eigenvalue weighted by Crippen LogP contribution is -2.00. The monoisotopic (exact) mass is 189 g/mol. The molecule has 1 heterocycles. The van der Waals surface area contributed by atoms with E-state index in [4.69, 9.17) is 0 Å². The van der Waals surface area contributed by atoms with E-state index in [1.54, 1.807) is 6.07 Å². The van der Waals surface area contributed by atoms with Crippen molar-refractivity contribution in [3.8, 4) is 0 Å². The number of carbonyl (C=O) groups excluding carboxylic acids is 1. The fourth-order valence-electron chi connectivity index (χ4n) is 1.46. The van der Waals surface area contributed by atoms with E-state index in [-0.39, 0.29) is 5.97 Å². The lowest BCUT2D eigenvalue weighted by Gasteiger charge is -1.92. The van der Waals surface area contributed by atoms with Gasteiger partial charge < -0.3 is 9.72 Å². The van der Waals surface area contributed by atoms with Gasteiger partial charge in [-0.15, -0.1) is 0 Å². The lowest BCUT2D eigenvalue weighted by molar-refractivity contribution is 0.0595. The Hall–Kier alpha value is -1.77. The molecule has 72 valence electrons. The van der Waals surface area contributed by atoms with Crippen LogP contribution in [0, 0.1) is 6.92 Å². The van der Waals surface area contributed by atoms with Crippen molar-refractivity contribution in [2.75, 3.05) is 7.11 Å². The maximum absolute atomic E-state index is 11.2. The van der Waals surface area contributed by atoms with Crippen molar-refractivity contribution < 1.29 is 9.53 Å². The number of H-pyrrole nitrogens is 1. The number of rotatable bonds is 1. The van der Waals surface area contributed by atoms with Crippen molar-refractivity contribution in [2.45, 2.75) is 6.92 Å². The summed E-state index contributed by atoms with van der Waals surface area (Å²) in [5.74, 6) is -0.334. The lowest BCUT2D eigenvalue weighted by atomic mass is 10.2. The Morgan fingerprint density at radius 2 is 2.14 bits per heavy atom. The smallest absolute Gasteiger partial charge is 0.354 e. The number of carbonyl (C=O) groups is 1. The maximum Gasteiger partial charge on any atom is 0.354 e. The van der Waals surface area contributed by atoms with Crippen LogP contribution < -0.4 is 0 Å². The van der Waals surface area contributed by atoms with Crippen LogP contribution >= 0.6 is 0 Å². The van der Waals surface area contributed by atoms with Crippen LogP contribution in [-0.4, -0.2) is 18.1 Å². The Labute approximate surface area is 81.7 Å². The summed E-state index contributed by atoms with van der Waals surface area (Å²) in [6.07, 6.45) is 0. The Morgan fingerprint density at radius 3 is 2.86 bits per heavy atom. The van der Waals surface area contributed by atoms with Crippen molar-refractivity contribution in [1.82, 2.24) is 4.98 Å². The largest absolute Gasteiger partial charge is 0.464 e. The van der Waals surface area contributed by atoms with Crippen LogP contribution in [0.25, 0.3) is 10.9 Å². The molecule has 0 radical (unpaired) electrons. The van der Waals surface area contributed by atoms with Gasteiger partial charge in [0.05, 0.1) is 7.11 Å². The SMILES string of the molecule is COC(=O)c1cc2ccc(C)cc2[nH]1. The van der Waals surface area contributed by atoms with E-state index in [1.807, 2.05) is 25.1 Å². The number of nitrogens with one attached hydrogen (secondary N) is 1. The number of methoxy groups -OCH3 is 1. The first-order valence-electron chi connectivity index (χ1n) is 4.38. The van der Waals surface area contributed by atoms with E-state index in [1.165, 1.54) is 7.11 Å². The molecule has 0 amide bonds. The molecule has 0 saturated carbocycles. The maximum atomic E-state index is 11.2. The molecular formula is C11H11NO2. The molecule has 0 bridgehead atoms. The van der Waals surface area contributed by atoms with Crippen molar-refractivity contribution in [3.63, 3.8) is 0 Å². The molecule has 0 spiro atoms. The quantitative estimate of drug-likeness (QED) is 0.699. The molecule has 0 aliphatic rings. The average Bonchev–Trinajstić information content (AvgIpc) is 2.59. The van der Waals surface area contributed by atoms with Crippen LogP contribution in [0.5, 0.6) is 0 Å². The highest BCUT2D eigenvalue weighted by Crippen LogP contribution is 2.17. The summed E-state index contributed by atoms with van der Waals surface area (Å²) in [7, 11) is 1.37. The van der Waals surface area contributed by atoms with Crippen LogP contribution in [0.3, 0.4) is 0 Å². The van der Waals surface area contributed by atoms with Crippen molar-refractivity contribution in [2.24, 2.45) is 0 Å². The van der Waals surface area contributed by atoms with Crippen LogP contribution in [0.4, 0.5) is 0 Å². The summed E-state index contributed by atoms with van der Waals surface area (Å²) in [5.41, 5.74) is 2.62. The summed E-state index contributed by atoms with van der Waals surface area (Å²) in [4.78, 5) is 14.2. The fraction of sp³-hybridized carbons (Fsp3) is 0.182. The summed E-state index contributed by atoms with van der Waals surface area (Å²) in [5, 5.41) is 1.02. The number of hydrogen-bond acceptors (Lipinski definition) is 2. The second kappa shape index (κ2) is 3.18. The number of esters is 1. The first-order chi connectivity index (χ1) is 6.70. The molecule has 3 nitrogen and oxygen atoms in total. The summed E-state index contributed by atoms with van der Waals surface area (Å²) in [6, 6.07) is 7.78. The summed E-state index contributed by atoms with van der Waals surface area (Å²) in [6.45, 7) is 2.01. The topological polar surface area (TPSA) is 42.1 Å². The number of aryl methyl sites for hydroxylation is 1. The summed E-state index contributed by atoms with van der Waals surface area (Å²) >= 11 is 0. The van der Waals surface area contributed by atoms with Crippen LogP contribution in [0.15, 0.2) is 24.3 Å². The molecule has 1 aromatic heterocycles. The average molecular weight is 189 g/mol. The van der Waals surface area contributed by atoms with Gasteiger partial charge in [0, 0.05) is 10.9 Å². The molecule has 14 heavy (non-hydrogen) atoms. The van der Waals surface area contributed by atoms with E-state index in [0.29, 0.717) is 5.69 Å². The predicted molar refractivity (Wildman–Crippen MR) is 54.4 cm³/mol. The van der Waals surface area contributed by atoms with Crippen molar-refractivity contribution >= 4 is 16.9 Å². The number of ether oxygens (including phenoxy) is 1. The fourth-order valence-corrected chi connectivity index (χ4v) is 1.46. The third-order valence-corrected chi connectivity index (χ3v) is 2.18. The molecule has 2 aromatic rings. The van der Waals surface area contributed by atoms with Gasteiger partial charge in [0.15, 0.2) is 0 Å². The normalized spacial score (nSPS) is 10.4. The van der Waals surface area contributed by atoms with E-state index in [0.717, 1.165) is 16.5 Å². The number of hydrogen-bond donors (Lipinski definition) is 1. The molecule has 3 heteroatoms. The van der Waals surface area contributed by atoms with E-state index < -0.39 is 0 Å². The Kier molecular flexibility index (Phi) is 2.00. The van der Waals surface area contributed by atoms with E-state index in [2.05, 4.69) is 9.72 Å². The van der Waals surface area contributed by atoms with Gasteiger partial charge in [-0.2, -0.15) is 0 Å². The number of benzene rings is 1. The van der Waals surface area contributed by atoms with Gasteiger partial charge in [-0.3, -0.25) is 0 Å². The van der Waals surface area contributed by atoms with Crippen LogP contribution in [0.2, 0.25) is 0 Å². The third kappa shape index (κ3) is 1.37. The zero-order chi connectivity index (χ0) is 10.1. The minimum atomic E-state index is -0.334. The minimum Gasteiger partial charge on any atom is -0.464 e. The molecule has 0 fully saturated rings. The van der Waals surface area contributed by atoms with Gasteiger partial charge in [0.1, 0.15) is 5.69 Å². The van der Waals surface area contributed by atoms with Crippen LogP contribution in [0.1, 0.15) is 16.1 Å². The summed E-state index contributed by atoms with van der Waals surface area (Å²) < 4.78 is 4.63. The third-order valence-electron chi connectivity index (χ3n) is 2.18. The van der Waals surface area contributed by atoms with Gasteiger partial charge >= 0.3 is 5.97 Å². The Morgan fingerprint density at radius 1 is 1.36 bits per heavy atom. The van der Waals surface area contributed by atoms with Crippen molar-refractivity contribution in [1.29, 1.82) is 0 Å². The highest BCUT2D eigenvalue weighted by molar-refractivity contribution is 5.94. The second-order valence-corrected chi connectivity index (χ2v) is 3.27. The molecule has 0 unspecified atom stereocenters. The molecule has 0 saturated heterocycles. The molecule has 0 aliphatic heterocycles. The molecule has 2 rings (SSSR count). The second-order valence-electron chi connectivity index (χ2n) is 3.27. The molecule has 0 atom stereocenters. The van der Waals surface area contributed by atoms with Gasteiger partial charge in [-0.05, 0) is 24.6 Å². The van der Waals surface area contributed by atoms with Gasteiger partial charge in [0.2, 0.25) is 0 Å². The first kappa shape index (κ1) is 8.81. The van der Waals surface area contributed by atoms with Gasteiger partial charge in [-0.1, -0.05) is 12.1 Å². The number of fused-ring (bicyclic) bond motifs is 1. The molecule has 1 N–H and O–H groups in total. The molecule has 0 aliphatic carbocycles. The van der Waals surface area contributed by atoms with Gasteiger partial charge in [0.25, 0.3) is 0 Å². The molecular weight excluding hydrogens is 178 g/mol. The highest BCUT2D eigenvalue weighted by atomic mass is 16.5. The first-order valence-corrected chi connectivity index (χ1v) is 4.38. The zero-order valence-electron chi connectivity index (χ0n) is 8.13. The zero-order valence-corrected chi connectivity index (χ0v) is 8.13. The number of aromatic nitrogens is 1.